The fourth-order valence-electron chi connectivity index (χ4n) is 1.65. The number of ether oxygens (including phenoxy) is 1. The van der Waals surface area contributed by atoms with E-state index in [1.165, 1.54) is 7.11 Å². The molecule has 0 aromatic carbocycles. The molecule has 0 atom stereocenters. The first-order valence-corrected chi connectivity index (χ1v) is 4.97. The van der Waals surface area contributed by atoms with Crippen molar-refractivity contribution >= 4 is 5.78 Å². The van der Waals surface area contributed by atoms with Crippen LogP contribution < -0.4 is 10.5 Å². The lowest BCUT2D eigenvalue weighted by atomic mass is 9.98. The third kappa shape index (κ3) is 1.61. The van der Waals surface area contributed by atoms with Gasteiger partial charge in [0, 0.05) is 18.2 Å². The molecule has 80 valence electrons. The van der Waals surface area contributed by atoms with Crippen LogP contribution in [0.15, 0.2) is 18.3 Å². The number of nitrogens with zero attached hydrogens (tertiary/aromatic N) is 1. The Morgan fingerprint density at radius 2 is 2.40 bits per heavy atom. The van der Waals surface area contributed by atoms with Gasteiger partial charge in [0.1, 0.15) is 11.4 Å². The monoisotopic (exact) mass is 206 g/mol. The molecule has 1 aromatic rings. The van der Waals surface area contributed by atoms with E-state index in [2.05, 4.69) is 4.98 Å². The number of rotatable bonds is 4. The van der Waals surface area contributed by atoms with E-state index >= 15 is 0 Å². The number of pyridine rings is 1. The fourth-order valence-corrected chi connectivity index (χ4v) is 1.65. The number of aromatic nitrogens is 1. The minimum Gasteiger partial charge on any atom is -0.494 e. The summed E-state index contributed by atoms with van der Waals surface area (Å²) in [5.41, 5.74) is 5.66. The van der Waals surface area contributed by atoms with Crippen molar-refractivity contribution in [3.63, 3.8) is 0 Å². The number of hydrogen-bond acceptors (Lipinski definition) is 4. The topological polar surface area (TPSA) is 65.2 Å². The molecule has 0 spiro atoms. The van der Waals surface area contributed by atoms with Crippen molar-refractivity contribution in [3.05, 3.63) is 24.0 Å². The van der Waals surface area contributed by atoms with E-state index in [9.17, 15) is 4.79 Å². The zero-order valence-corrected chi connectivity index (χ0v) is 8.69. The molecule has 1 aliphatic carbocycles. The zero-order valence-electron chi connectivity index (χ0n) is 8.69. The van der Waals surface area contributed by atoms with Crippen LogP contribution in [0.1, 0.15) is 23.3 Å². The van der Waals surface area contributed by atoms with Gasteiger partial charge in [-0.2, -0.15) is 0 Å². The molecular weight excluding hydrogens is 192 g/mol. The van der Waals surface area contributed by atoms with Gasteiger partial charge in [0.2, 0.25) is 0 Å². The number of ketones is 1. The lowest BCUT2D eigenvalue weighted by molar-refractivity contribution is 0.0897. The van der Waals surface area contributed by atoms with Gasteiger partial charge in [-0.3, -0.25) is 4.79 Å². The van der Waals surface area contributed by atoms with Crippen LogP contribution in [0.4, 0.5) is 0 Å². The SMILES string of the molecule is COc1cccnc1C(=O)C1(CN)CC1. The number of Topliss-reactive ketones (excluding diaryl/α,β-unsaturated/α-hetero) is 1. The van der Waals surface area contributed by atoms with E-state index in [-0.39, 0.29) is 11.2 Å². The van der Waals surface area contributed by atoms with Crippen LogP contribution >= 0.6 is 0 Å². The van der Waals surface area contributed by atoms with Gasteiger partial charge in [-0.15, -0.1) is 0 Å². The first-order chi connectivity index (χ1) is 7.23. The van der Waals surface area contributed by atoms with Crippen molar-refractivity contribution in [2.75, 3.05) is 13.7 Å². The van der Waals surface area contributed by atoms with E-state index < -0.39 is 0 Å². The Morgan fingerprint density at radius 3 is 2.93 bits per heavy atom. The van der Waals surface area contributed by atoms with E-state index in [4.69, 9.17) is 10.5 Å². The summed E-state index contributed by atoms with van der Waals surface area (Å²) in [5.74, 6) is 0.546. The lowest BCUT2D eigenvalue weighted by Crippen LogP contribution is -2.26. The second kappa shape index (κ2) is 3.62. The average molecular weight is 206 g/mol. The molecule has 4 heteroatoms. The van der Waals surface area contributed by atoms with Gasteiger partial charge >= 0.3 is 0 Å². The Balaban J connectivity index is 2.33. The molecule has 2 rings (SSSR count). The minimum atomic E-state index is -0.359. The van der Waals surface area contributed by atoms with Gasteiger partial charge in [0.05, 0.1) is 7.11 Å². The molecule has 15 heavy (non-hydrogen) atoms. The van der Waals surface area contributed by atoms with E-state index in [1.54, 1.807) is 18.3 Å². The highest BCUT2D eigenvalue weighted by Crippen LogP contribution is 2.47. The van der Waals surface area contributed by atoms with Gasteiger partial charge in [0.15, 0.2) is 5.78 Å². The molecule has 0 radical (unpaired) electrons. The van der Waals surface area contributed by atoms with Gasteiger partial charge in [-0.05, 0) is 25.0 Å². The maximum absolute atomic E-state index is 12.1. The van der Waals surface area contributed by atoms with E-state index in [0.29, 0.717) is 18.0 Å². The smallest absolute Gasteiger partial charge is 0.192 e. The highest BCUT2D eigenvalue weighted by atomic mass is 16.5. The summed E-state index contributed by atoms with van der Waals surface area (Å²) < 4.78 is 5.11. The largest absolute Gasteiger partial charge is 0.494 e. The summed E-state index contributed by atoms with van der Waals surface area (Å²) in [5, 5.41) is 0. The fraction of sp³-hybridized carbons (Fsp3) is 0.455. The molecule has 1 aliphatic rings. The molecule has 0 unspecified atom stereocenters. The van der Waals surface area contributed by atoms with Gasteiger partial charge in [-0.25, -0.2) is 4.98 Å². The first-order valence-electron chi connectivity index (χ1n) is 4.97. The molecule has 0 aliphatic heterocycles. The molecule has 1 saturated carbocycles. The summed E-state index contributed by atoms with van der Waals surface area (Å²) in [7, 11) is 1.54. The second-order valence-corrected chi connectivity index (χ2v) is 3.87. The van der Waals surface area contributed by atoms with Gasteiger partial charge in [-0.1, -0.05) is 0 Å². The van der Waals surface area contributed by atoms with Crippen molar-refractivity contribution < 1.29 is 9.53 Å². The van der Waals surface area contributed by atoms with Crippen LogP contribution in [0.5, 0.6) is 5.75 Å². The number of nitrogens with two attached hydrogens (primary N) is 1. The molecule has 1 aromatic heterocycles. The molecule has 1 heterocycles. The second-order valence-electron chi connectivity index (χ2n) is 3.87. The maximum atomic E-state index is 12.1. The predicted molar refractivity (Wildman–Crippen MR) is 55.8 cm³/mol. The summed E-state index contributed by atoms with van der Waals surface area (Å²) in [6.45, 7) is 0.394. The van der Waals surface area contributed by atoms with Crippen molar-refractivity contribution in [1.29, 1.82) is 0 Å². The molecule has 2 N–H and O–H groups in total. The summed E-state index contributed by atoms with van der Waals surface area (Å²) >= 11 is 0. The summed E-state index contributed by atoms with van der Waals surface area (Å²) in [6, 6.07) is 3.49. The highest BCUT2D eigenvalue weighted by Gasteiger charge is 2.49. The molecular formula is C11H14N2O2. The Hall–Kier alpha value is -1.42. The Labute approximate surface area is 88.4 Å². The van der Waals surface area contributed by atoms with Crippen molar-refractivity contribution in [2.24, 2.45) is 11.1 Å². The van der Waals surface area contributed by atoms with Crippen LogP contribution in [0, 0.1) is 5.41 Å². The first kappa shape index (κ1) is 10.1. The Bertz CT molecular complexity index is 386. The normalized spacial score (nSPS) is 17.2. The predicted octanol–water partition coefficient (Wildman–Crippen LogP) is 1.01. The van der Waals surface area contributed by atoms with Crippen LogP contribution in [-0.4, -0.2) is 24.4 Å². The molecule has 0 amide bonds. The molecule has 0 bridgehead atoms. The lowest BCUT2D eigenvalue weighted by Gasteiger charge is -2.12. The van der Waals surface area contributed by atoms with E-state index in [0.717, 1.165) is 12.8 Å². The minimum absolute atomic E-state index is 0.0162. The third-order valence-electron chi connectivity index (χ3n) is 2.93. The van der Waals surface area contributed by atoms with E-state index in [1.807, 2.05) is 0 Å². The maximum Gasteiger partial charge on any atom is 0.192 e. The zero-order chi connectivity index (χ0) is 10.9. The number of carbonyl (C=O) groups is 1. The number of carbonyl (C=O) groups excluding carboxylic acids is 1. The Kier molecular flexibility index (Phi) is 2.44. The van der Waals surface area contributed by atoms with Crippen LogP contribution in [0.25, 0.3) is 0 Å². The van der Waals surface area contributed by atoms with Gasteiger partial charge in [0.25, 0.3) is 0 Å². The number of methoxy groups -OCH3 is 1. The van der Waals surface area contributed by atoms with Crippen molar-refractivity contribution in [3.8, 4) is 5.75 Å². The number of hydrogen-bond donors (Lipinski definition) is 1. The average Bonchev–Trinajstić information content (AvgIpc) is 3.09. The molecule has 0 saturated heterocycles. The summed E-state index contributed by atoms with van der Waals surface area (Å²) in [6.07, 6.45) is 3.33. The van der Waals surface area contributed by atoms with Crippen molar-refractivity contribution in [2.45, 2.75) is 12.8 Å². The van der Waals surface area contributed by atoms with Crippen LogP contribution in [0.3, 0.4) is 0 Å². The molecule has 4 nitrogen and oxygen atoms in total. The molecule has 1 fully saturated rings. The highest BCUT2D eigenvalue weighted by molar-refractivity contribution is 6.02. The standard InChI is InChI=1S/C11H14N2O2/c1-15-8-3-2-6-13-9(8)10(14)11(7-12)4-5-11/h2-3,6H,4-5,7,12H2,1H3. The third-order valence-corrected chi connectivity index (χ3v) is 2.93. The van der Waals surface area contributed by atoms with Gasteiger partial charge < -0.3 is 10.5 Å². The quantitative estimate of drug-likeness (QED) is 0.747. The van der Waals surface area contributed by atoms with Crippen molar-refractivity contribution in [1.82, 2.24) is 4.98 Å². The Morgan fingerprint density at radius 1 is 1.67 bits per heavy atom. The summed E-state index contributed by atoms with van der Waals surface area (Å²) in [4.78, 5) is 16.2. The van der Waals surface area contributed by atoms with Crippen LogP contribution in [-0.2, 0) is 0 Å². The van der Waals surface area contributed by atoms with Crippen LogP contribution in [0.2, 0.25) is 0 Å².